The van der Waals surface area contributed by atoms with Crippen LogP contribution >= 0.6 is 15.9 Å². The topological polar surface area (TPSA) is 38.5 Å². The first-order valence-electron chi connectivity index (χ1n) is 5.39. The summed E-state index contributed by atoms with van der Waals surface area (Å²) in [5, 5.41) is 0. The average Bonchev–Trinajstić information content (AvgIpc) is 2.21. The summed E-state index contributed by atoms with van der Waals surface area (Å²) in [6.45, 7) is 2.28. The van der Waals surface area contributed by atoms with Gasteiger partial charge in [-0.2, -0.15) is 0 Å². The first-order valence-corrected chi connectivity index (χ1v) is 6.19. The quantitative estimate of drug-likeness (QED) is 0.868. The lowest BCUT2D eigenvalue weighted by atomic mass is 10.1. The lowest BCUT2D eigenvalue weighted by Gasteiger charge is -2.12. The van der Waals surface area contributed by atoms with Gasteiger partial charge in [-0.15, -0.1) is 0 Å². The third kappa shape index (κ3) is 4.51. The molecule has 4 heteroatoms. The Kier molecular flexibility index (Phi) is 5.80. The highest BCUT2D eigenvalue weighted by atomic mass is 79.9. The number of ether oxygens (including phenoxy) is 1. The van der Waals surface area contributed by atoms with Crippen LogP contribution in [-0.4, -0.2) is 38.7 Å². The first kappa shape index (κ1) is 13.5. The molecule has 90 valence electrons. The van der Waals surface area contributed by atoms with Gasteiger partial charge in [0.05, 0.1) is 4.47 Å². The van der Waals surface area contributed by atoms with Gasteiger partial charge in [0.15, 0.2) is 0 Å². The number of nitrogens with two attached hydrogens (primary N) is 1. The molecule has 0 radical (unpaired) electrons. The van der Waals surface area contributed by atoms with E-state index in [-0.39, 0.29) is 0 Å². The molecule has 0 bridgehead atoms. The molecule has 0 saturated heterocycles. The predicted molar refractivity (Wildman–Crippen MR) is 70.9 cm³/mol. The van der Waals surface area contributed by atoms with Crippen LogP contribution < -0.4 is 10.5 Å². The molecule has 16 heavy (non-hydrogen) atoms. The second-order valence-electron chi connectivity index (χ2n) is 3.96. The minimum Gasteiger partial charge on any atom is -0.491 e. The zero-order valence-electron chi connectivity index (χ0n) is 9.87. The zero-order valence-corrected chi connectivity index (χ0v) is 11.5. The zero-order chi connectivity index (χ0) is 12.0. The van der Waals surface area contributed by atoms with Gasteiger partial charge in [0.25, 0.3) is 0 Å². The highest BCUT2D eigenvalue weighted by Crippen LogP contribution is 2.26. The van der Waals surface area contributed by atoms with Crippen molar-refractivity contribution in [1.82, 2.24) is 4.90 Å². The number of nitrogens with zero attached hydrogens (tertiary/aromatic N) is 1. The Labute approximate surface area is 106 Å². The number of hydrogen-bond acceptors (Lipinski definition) is 3. The van der Waals surface area contributed by atoms with Crippen molar-refractivity contribution in [3.8, 4) is 5.75 Å². The van der Waals surface area contributed by atoms with Gasteiger partial charge in [-0.05, 0) is 60.7 Å². The normalized spacial score (nSPS) is 10.8. The Hall–Kier alpha value is -0.580. The van der Waals surface area contributed by atoms with Gasteiger partial charge in [-0.1, -0.05) is 6.07 Å². The molecule has 0 aliphatic rings. The van der Waals surface area contributed by atoms with Gasteiger partial charge in [0, 0.05) is 6.54 Å². The maximum atomic E-state index is 5.66. The van der Waals surface area contributed by atoms with E-state index in [9.17, 15) is 0 Å². The Balaban J connectivity index is 2.54. The maximum absolute atomic E-state index is 5.66. The molecule has 0 aromatic heterocycles. The summed E-state index contributed by atoms with van der Waals surface area (Å²) < 4.78 is 6.66. The van der Waals surface area contributed by atoms with E-state index in [0.29, 0.717) is 13.2 Å². The molecule has 0 aliphatic heterocycles. The summed E-state index contributed by atoms with van der Waals surface area (Å²) in [5.74, 6) is 0.891. The third-order valence-electron chi connectivity index (χ3n) is 2.23. The van der Waals surface area contributed by atoms with Crippen molar-refractivity contribution < 1.29 is 4.74 Å². The van der Waals surface area contributed by atoms with Crippen LogP contribution in [0.2, 0.25) is 0 Å². The van der Waals surface area contributed by atoms with E-state index < -0.39 is 0 Å². The van der Waals surface area contributed by atoms with Crippen LogP contribution in [0.3, 0.4) is 0 Å². The van der Waals surface area contributed by atoms with Crippen molar-refractivity contribution in [2.24, 2.45) is 5.73 Å². The van der Waals surface area contributed by atoms with E-state index in [1.165, 1.54) is 5.56 Å². The molecule has 0 saturated carbocycles. The number of likely N-dealkylation sites (N-methyl/N-ethyl adjacent to an activating group) is 1. The summed E-state index contributed by atoms with van der Waals surface area (Å²) >= 11 is 3.50. The fourth-order valence-electron chi connectivity index (χ4n) is 1.32. The van der Waals surface area contributed by atoms with E-state index in [4.69, 9.17) is 10.5 Å². The minimum atomic E-state index is 0.674. The maximum Gasteiger partial charge on any atom is 0.133 e. The van der Waals surface area contributed by atoms with E-state index in [0.717, 1.165) is 23.2 Å². The molecule has 0 aliphatic carbocycles. The van der Waals surface area contributed by atoms with Crippen LogP contribution in [0.5, 0.6) is 5.75 Å². The van der Waals surface area contributed by atoms with Crippen LogP contribution in [0.15, 0.2) is 22.7 Å². The second-order valence-corrected chi connectivity index (χ2v) is 4.81. The Morgan fingerprint density at radius 3 is 2.69 bits per heavy atom. The van der Waals surface area contributed by atoms with E-state index in [1.54, 1.807) is 0 Å². The molecule has 0 amide bonds. The minimum absolute atomic E-state index is 0.674. The van der Waals surface area contributed by atoms with Gasteiger partial charge < -0.3 is 15.4 Å². The molecule has 1 aromatic carbocycles. The molecule has 1 aromatic rings. The first-order chi connectivity index (χ1) is 7.63. The van der Waals surface area contributed by atoms with Crippen LogP contribution in [-0.2, 0) is 6.42 Å². The van der Waals surface area contributed by atoms with Crippen molar-refractivity contribution in [3.05, 3.63) is 28.2 Å². The predicted octanol–water partition coefficient (Wildman–Crippen LogP) is 1.89. The highest BCUT2D eigenvalue weighted by Gasteiger charge is 2.02. The summed E-state index contributed by atoms with van der Waals surface area (Å²) in [6, 6.07) is 6.12. The van der Waals surface area contributed by atoms with E-state index in [1.807, 2.05) is 20.2 Å². The van der Waals surface area contributed by atoms with Crippen molar-refractivity contribution in [1.29, 1.82) is 0 Å². The van der Waals surface area contributed by atoms with Crippen LogP contribution in [0.25, 0.3) is 0 Å². The van der Waals surface area contributed by atoms with Crippen molar-refractivity contribution in [2.75, 3.05) is 33.8 Å². The molecule has 2 N–H and O–H groups in total. The standard InChI is InChI=1S/C12H19BrN2O/c1-15(2)7-8-16-12-4-3-10(5-6-14)9-11(12)13/h3-4,9H,5-8,14H2,1-2H3. The molecular weight excluding hydrogens is 268 g/mol. The Morgan fingerprint density at radius 1 is 1.38 bits per heavy atom. The van der Waals surface area contributed by atoms with E-state index in [2.05, 4.69) is 33.0 Å². The van der Waals surface area contributed by atoms with Gasteiger partial charge in [-0.3, -0.25) is 0 Å². The van der Waals surface area contributed by atoms with Crippen LogP contribution in [0.4, 0.5) is 0 Å². The summed E-state index contributed by atoms with van der Waals surface area (Å²) in [6.07, 6.45) is 0.899. The second kappa shape index (κ2) is 6.89. The monoisotopic (exact) mass is 286 g/mol. The molecule has 3 nitrogen and oxygen atoms in total. The number of halogens is 1. The third-order valence-corrected chi connectivity index (χ3v) is 2.85. The van der Waals surface area contributed by atoms with Gasteiger partial charge in [-0.25, -0.2) is 0 Å². The number of hydrogen-bond donors (Lipinski definition) is 1. The van der Waals surface area contributed by atoms with Gasteiger partial charge in [0.2, 0.25) is 0 Å². The lowest BCUT2D eigenvalue weighted by Crippen LogP contribution is -2.19. The van der Waals surface area contributed by atoms with Crippen molar-refractivity contribution in [2.45, 2.75) is 6.42 Å². The summed E-state index contributed by atoms with van der Waals surface area (Å²) in [5.41, 5.74) is 6.74. The van der Waals surface area contributed by atoms with Crippen LogP contribution in [0.1, 0.15) is 5.56 Å². The molecule has 0 spiro atoms. The summed E-state index contributed by atoms with van der Waals surface area (Å²) in [7, 11) is 4.06. The average molecular weight is 287 g/mol. The molecular formula is C12H19BrN2O. The molecule has 0 unspecified atom stereocenters. The highest BCUT2D eigenvalue weighted by molar-refractivity contribution is 9.10. The fourth-order valence-corrected chi connectivity index (χ4v) is 1.86. The van der Waals surface area contributed by atoms with Crippen LogP contribution in [0, 0.1) is 0 Å². The van der Waals surface area contributed by atoms with Crippen molar-refractivity contribution >= 4 is 15.9 Å². The smallest absolute Gasteiger partial charge is 0.133 e. The molecule has 0 fully saturated rings. The SMILES string of the molecule is CN(C)CCOc1ccc(CCN)cc1Br. The Bertz CT molecular complexity index is 329. The van der Waals surface area contributed by atoms with E-state index >= 15 is 0 Å². The fraction of sp³-hybridized carbons (Fsp3) is 0.500. The lowest BCUT2D eigenvalue weighted by molar-refractivity contribution is 0.260. The van der Waals surface area contributed by atoms with Gasteiger partial charge in [0.1, 0.15) is 12.4 Å². The number of benzene rings is 1. The largest absolute Gasteiger partial charge is 0.491 e. The summed E-state index contributed by atoms with van der Waals surface area (Å²) in [4.78, 5) is 2.09. The Morgan fingerprint density at radius 2 is 2.12 bits per heavy atom. The molecule has 1 rings (SSSR count). The number of rotatable bonds is 6. The molecule has 0 atom stereocenters. The molecule has 0 heterocycles. The van der Waals surface area contributed by atoms with Crippen molar-refractivity contribution in [3.63, 3.8) is 0 Å². The van der Waals surface area contributed by atoms with Gasteiger partial charge >= 0.3 is 0 Å².